The van der Waals surface area contributed by atoms with E-state index in [4.69, 9.17) is 10.7 Å². The van der Waals surface area contributed by atoms with Crippen LogP contribution in [0.2, 0.25) is 0 Å². The lowest BCUT2D eigenvalue weighted by molar-refractivity contribution is 0.146. The molecule has 0 saturated carbocycles. The number of nitrogens with zero attached hydrogens (tertiary/aromatic N) is 3. The van der Waals surface area contributed by atoms with Gasteiger partial charge in [0.2, 0.25) is 0 Å². The Labute approximate surface area is 182 Å². The first-order chi connectivity index (χ1) is 15.5. The molecule has 5 rings (SSSR count). The van der Waals surface area contributed by atoms with Crippen LogP contribution in [0.3, 0.4) is 0 Å². The summed E-state index contributed by atoms with van der Waals surface area (Å²) in [5.41, 5.74) is 7.99. The summed E-state index contributed by atoms with van der Waals surface area (Å²) in [5.74, 6) is -0.502. The molecule has 3 heterocycles. The third kappa shape index (κ3) is 3.05. The largest absolute Gasteiger partial charge is 0.383 e. The van der Waals surface area contributed by atoms with Crippen molar-refractivity contribution in [3.8, 4) is 11.1 Å². The van der Waals surface area contributed by atoms with Crippen molar-refractivity contribution in [3.63, 3.8) is 0 Å². The van der Waals surface area contributed by atoms with Crippen LogP contribution in [0.5, 0.6) is 0 Å². The van der Waals surface area contributed by atoms with Gasteiger partial charge < -0.3 is 5.73 Å². The van der Waals surface area contributed by atoms with E-state index in [1.807, 2.05) is 36.4 Å². The number of pyridine rings is 2. The molecule has 1 aliphatic rings. The highest BCUT2D eigenvalue weighted by Gasteiger charge is 2.44. The first kappa shape index (κ1) is 19.9. The molecule has 2 aromatic heterocycles. The van der Waals surface area contributed by atoms with Crippen LogP contribution >= 0.6 is 0 Å². The molecule has 4 aromatic rings. The van der Waals surface area contributed by atoms with Crippen molar-refractivity contribution in [1.82, 2.24) is 9.97 Å². The third-order valence-electron chi connectivity index (χ3n) is 5.65. The molecule has 0 amide bonds. The normalized spacial score (nSPS) is 17.3. The SMILES string of the molecule is NC1=NC(c2cccc(-c3cccnc3)c2)(c2ccnc(C(F)F)c2)c2cccc(F)c21. The van der Waals surface area contributed by atoms with E-state index in [9.17, 15) is 13.2 Å². The number of aromatic nitrogens is 2. The van der Waals surface area contributed by atoms with Crippen molar-refractivity contribution >= 4 is 5.84 Å². The fraction of sp³-hybridized carbons (Fsp3) is 0.0800. The van der Waals surface area contributed by atoms with Gasteiger partial charge in [-0.15, -0.1) is 0 Å². The van der Waals surface area contributed by atoms with Gasteiger partial charge in [0.25, 0.3) is 6.43 Å². The molecule has 0 aliphatic carbocycles. The molecule has 0 saturated heterocycles. The van der Waals surface area contributed by atoms with Crippen LogP contribution in [0.4, 0.5) is 13.2 Å². The van der Waals surface area contributed by atoms with Crippen molar-refractivity contribution in [2.24, 2.45) is 10.7 Å². The lowest BCUT2D eigenvalue weighted by Crippen LogP contribution is -2.26. The van der Waals surface area contributed by atoms with Gasteiger partial charge in [0.15, 0.2) is 0 Å². The minimum Gasteiger partial charge on any atom is -0.383 e. The molecule has 7 heteroatoms. The lowest BCUT2D eigenvalue weighted by atomic mass is 9.77. The van der Waals surface area contributed by atoms with Gasteiger partial charge in [0, 0.05) is 24.2 Å². The monoisotopic (exact) mass is 430 g/mol. The third-order valence-corrected chi connectivity index (χ3v) is 5.65. The van der Waals surface area contributed by atoms with Gasteiger partial charge in [-0.2, -0.15) is 0 Å². The summed E-state index contributed by atoms with van der Waals surface area (Å²) in [6.07, 6.45) is 1.96. The van der Waals surface area contributed by atoms with E-state index in [-0.39, 0.29) is 17.1 Å². The number of fused-ring (bicyclic) bond motifs is 1. The van der Waals surface area contributed by atoms with E-state index in [1.54, 1.807) is 30.6 Å². The summed E-state index contributed by atoms with van der Waals surface area (Å²) in [4.78, 5) is 12.6. The fourth-order valence-corrected chi connectivity index (χ4v) is 4.24. The van der Waals surface area contributed by atoms with Gasteiger partial charge in [0.05, 0.1) is 5.56 Å². The Bertz CT molecular complexity index is 1340. The highest BCUT2D eigenvalue weighted by Crippen LogP contribution is 2.47. The predicted octanol–water partition coefficient (Wildman–Crippen LogP) is 5.23. The van der Waals surface area contributed by atoms with Crippen molar-refractivity contribution in [1.29, 1.82) is 0 Å². The topological polar surface area (TPSA) is 64.2 Å². The molecular formula is C25H17F3N4. The second-order valence-electron chi connectivity index (χ2n) is 7.46. The Morgan fingerprint density at radius 3 is 2.41 bits per heavy atom. The molecule has 1 atom stereocenters. The smallest absolute Gasteiger partial charge is 0.280 e. The number of benzene rings is 2. The Balaban J connectivity index is 1.82. The summed E-state index contributed by atoms with van der Waals surface area (Å²) in [5, 5.41) is 0. The summed E-state index contributed by atoms with van der Waals surface area (Å²) >= 11 is 0. The summed E-state index contributed by atoms with van der Waals surface area (Å²) in [7, 11) is 0. The van der Waals surface area contributed by atoms with Crippen LogP contribution in [-0.4, -0.2) is 15.8 Å². The van der Waals surface area contributed by atoms with E-state index in [0.29, 0.717) is 16.7 Å². The van der Waals surface area contributed by atoms with Crippen LogP contribution in [0.1, 0.15) is 34.4 Å². The summed E-state index contributed by atoms with van der Waals surface area (Å²) in [6, 6.07) is 18.7. The van der Waals surface area contributed by atoms with E-state index in [2.05, 4.69) is 9.97 Å². The molecule has 2 aromatic carbocycles. The van der Waals surface area contributed by atoms with Crippen LogP contribution in [0.25, 0.3) is 11.1 Å². The number of aliphatic imine (C=N–C) groups is 1. The Morgan fingerprint density at radius 2 is 1.62 bits per heavy atom. The van der Waals surface area contributed by atoms with Crippen LogP contribution in [-0.2, 0) is 5.54 Å². The molecule has 1 unspecified atom stereocenters. The molecule has 0 radical (unpaired) electrons. The molecular weight excluding hydrogens is 413 g/mol. The van der Waals surface area contributed by atoms with E-state index in [0.717, 1.165) is 11.1 Å². The average molecular weight is 430 g/mol. The molecule has 0 bridgehead atoms. The summed E-state index contributed by atoms with van der Waals surface area (Å²) in [6.45, 7) is 0. The second-order valence-corrected chi connectivity index (χ2v) is 7.46. The average Bonchev–Trinajstić information content (AvgIpc) is 3.14. The quantitative estimate of drug-likeness (QED) is 0.482. The Hall–Kier alpha value is -4.00. The molecule has 2 N–H and O–H groups in total. The lowest BCUT2D eigenvalue weighted by Gasteiger charge is -2.30. The molecule has 4 nitrogen and oxygen atoms in total. The number of alkyl halides is 2. The number of hydrogen-bond acceptors (Lipinski definition) is 4. The zero-order valence-electron chi connectivity index (χ0n) is 16.7. The fourth-order valence-electron chi connectivity index (χ4n) is 4.24. The highest BCUT2D eigenvalue weighted by molar-refractivity contribution is 6.03. The predicted molar refractivity (Wildman–Crippen MR) is 116 cm³/mol. The van der Waals surface area contributed by atoms with Gasteiger partial charge in [-0.1, -0.05) is 36.4 Å². The number of rotatable bonds is 4. The van der Waals surface area contributed by atoms with Crippen molar-refractivity contribution in [2.45, 2.75) is 12.0 Å². The van der Waals surface area contributed by atoms with Crippen LogP contribution < -0.4 is 5.73 Å². The minimum absolute atomic E-state index is 0.0142. The van der Waals surface area contributed by atoms with Crippen LogP contribution in [0, 0.1) is 5.82 Å². The van der Waals surface area contributed by atoms with E-state index >= 15 is 0 Å². The van der Waals surface area contributed by atoms with Crippen LogP contribution in [0.15, 0.2) is 90.3 Å². The van der Waals surface area contributed by atoms with Crippen molar-refractivity contribution < 1.29 is 13.2 Å². The zero-order chi connectivity index (χ0) is 22.3. The van der Waals surface area contributed by atoms with E-state index in [1.165, 1.54) is 18.3 Å². The number of hydrogen-bond donors (Lipinski definition) is 1. The molecule has 0 fully saturated rings. The molecule has 32 heavy (non-hydrogen) atoms. The Morgan fingerprint density at radius 1 is 0.844 bits per heavy atom. The van der Waals surface area contributed by atoms with Gasteiger partial charge in [-0.05, 0) is 52.6 Å². The molecule has 0 spiro atoms. The maximum atomic E-state index is 14.8. The first-order valence-corrected chi connectivity index (χ1v) is 9.91. The minimum atomic E-state index is -2.76. The zero-order valence-corrected chi connectivity index (χ0v) is 16.7. The molecule has 1 aliphatic heterocycles. The van der Waals surface area contributed by atoms with E-state index < -0.39 is 17.8 Å². The highest BCUT2D eigenvalue weighted by atomic mass is 19.3. The first-order valence-electron chi connectivity index (χ1n) is 9.91. The molecule has 158 valence electrons. The summed E-state index contributed by atoms with van der Waals surface area (Å²) < 4.78 is 41.8. The number of amidine groups is 1. The van der Waals surface area contributed by atoms with Crippen molar-refractivity contribution in [3.05, 3.63) is 119 Å². The maximum Gasteiger partial charge on any atom is 0.280 e. The second kappa shape index (κ2) is 7.60. The standard InChI is InChI=1S/C25H17F3N4/c26-20-8-2-7-19-22(20)24(29)32-25(19,18-9-11-31-21(13-18)23(27)28)17-6-1-4-15(12-17)16-5-3-10-30-14-16/h1-14,23H,(H2,29,32). The number of nitrogens with two attached hydrogens (primary N) is 1. The van der Waals surface area contributed by atoms with Gasteiger partial charge in [0.1, 0.15) is 22.9 Å². The van der Waals surface area contributed by atoms with Gasteiger partial charge in [-0.3, -0.25) is 9.97 Å². The van der Waals surface area contributed by atoms with Crippen molar-refractivity contribution in [2.75, 3.05) is 0 Å². The van der Waals surface area contributed by atoms with Gasteiger partial charge in [-0.25, -0.2) is 18.2 Å². The Kier molecular flexibility index (Phi) is 4.74. The number of halogens is 3. The maximum absolute atomic E-state index is 14.8. The van der Waals surface area contributed by atoms with Gasteiger partial charge >= 0.3 is 0 Å².